The molecule has 1 heterocycles. The van der Waals surface area contributed by atoms with E-state index in [1.165, 1.54) is 17.0 Å². The fraction of sp³-hybridized carbons (Fsp3) is 0.524. The van der Waals surface area contributed by atoms with Crippen LogP contribution in [0.1, 0.15) is 55.3 Å². The lowest BCUT2D eigenvalue weighted by atomic mass is 10.0. The molecule has 0 radical (unpaired) electrons. The molecule has 3 N–H and O–H groups in total. The van der Waals surface area contributed by atoms with E-state index in [1.54, 1.807) is 13.1 Å². The van der Waals surface area contributed by atoms with Gasteiger partial charge in [0.15, 0.2) is 0 Å². The zero-order chi connectivity index (χ0) is 22.8. The van der Waals surface area contributed by atoms with Crippen molar-refractivity contribution in [2.75, 3.05) is 20.1 Å². The van der Waals surface area contributed by atoms with Crippen LogP contribution < -0.4 is 10.6 Å². The van der Waals surface area contributed by atoms with Crippen LogP contribution in [0.4, 0.5) is 0 Å². The van der Waals surface area contributed by atoms with Crippen molar-refractivity contribution in [3.8, 4) is 0 Å². The number of carboxylic acids is 1. The molecule has 0 saturated heterocycles. The number of carbonyl (C=O) groups excluding carboxylic acids is 2. The summed E-state index contributed by atoms with van der Waals surface area (Å²) in [5.74, 6) is -1.05. The van der Waals surface area contributed by atoms with Crippen LogP contribution in [0.2, 0.25) is 10.0 Å². The van der Waals surface area contributed by atoms with Crippen LogP contribution in [-0.2, 0) is 9.59 Å². The molecule has 1 unspecified atom stereocenters. The lowest BCUT2D eigenvalue weighted by molar-refractivity contribution is -0.139. The number of nitrogens with one attached hydrogen (secondary N) is 2. The summed E-state index contributed by atoms with van der Waals surface area (Å²) in [5.41, 5.74) is 0.0878. The van der Waals surface area contributed by atoms with Gasteiger partial charge in [-0.2, -0.15) is 0 Å². The van der Waals surface area contributed by atoms with Gasteiger partial charge in [0.25, 0.3) is 11.8 Å². The minimum atomic E-state index is -1.08. The molecule has 2 amide bonds. The molecule has 31 heavy (non-hydrogen) atoms. The summed E-state index contributed by atoms with van der Waals surface area (Å²) >= 11 is 12.0. The summed E-state index contributed by atoms with van der Waals surface area (Å²) in [7, 11) is 1.71. The fourth-order valence-electron chi connectivity index (χ4n) is 3.23. The number of aliphatic imine (C=N–C) groups is 1. The number of nitrogens with zero attached hydrogens (tertiary/aromatic N) is 2. The van der Waals surface area contributed by atoms with E-state index in [2.05, 4.69) is 15.6 Å². The number of carboxylic acid groups (broad SMARTS) is 1. The molecule has 1 aromatic carbocycles. The first kappa shape index (κ1) is 24.9. The van der Waals surface area contributed by atoms with Crippen molar-refractivity contribution in [3.05, 3.63) is 33.8 Å². The van der Waals surface area contributed by atoms with Gasteiger partial charge < -0.3 is 15.7 Å². The van der Waals surface area contributed by atoms with Gasteiger partial charge in [-0.25, -0.2) is 9.79 Å². The van der Waals surface area contributed by atoms with E-state index < -0.39 is 17.9 Å². The third-order valence-electron chi connectivity index (χ3n) is 5.05. The molecule has 0 saturated carbocycles. The standard InChI is InChI=1S/C21H28Cl2N4O4/c1-27-17(28)13-25-21(27)24-12-7-5-3-2-4-6-11-16(20(30)31)26-19(29)18-14(22)9-8-10-15(18)23/h8-10,16H,2-7,11-13H2,1H3,(H,24,25)(H,26,29)(H,30,31). The number of likely N-dealkylation sites (N-methyl/N-ethyl adjacent to an activating group) is 1. The minimum absolute atomic E-state index is 0.00619. The van der Waals surface area contributed by atoms with Gasteiger partial charge in [-0.3, -0.25) is 14.5 Å². The van der Waals surface area contributed by atoms with Crippen molar-refractivity contribution < 1.29 is 19.5 Å². The predicted octanol–water partition coefficient (Wildman–Crippen LogP) is 3.32. The number of carbonyl (C=O) groups is 3. The van der Waals surface area contributed by atoms with E-state index in [4.69, 9.17) is 23.2 Å². The van der Waals surface area contributed by atoms with Gasteiger partial charge in [0.05, 0.1) is 15.6 Å². The predicted molar refractivity (Wildman–Crippen MR) is 121 cm³/mol. The second-order valence-electron chi connectivity index (χ2n) is 7.39. The van der Waals surface area contributed by atoms with E-state index in [9.17, 15) is 19.5 Å². The second-order valence-corrected chi connectivity index (χ2v) is 8.20. The van der Waals surface area contributed by atoms with Gasteiger partial charge in [0, 0.05) is 13.6 Å². The molecule has 170 valence electrons. The Morgan fingerprint density at radius 1 is 1.13 bits per heavy atom. The normalized spacial score (nSPS) is 14.4. The third kappa shape index (κ3) is 7.70. The number of halogens is 2. The molecule has 8 nitrogen and oxygen atoms in total. The number of benzene rings is 1. The number of rotatable bonds is 12. The van der Waals surface area contributed by atoms with Crippen LogP contribution in [0.3, 0.4) is 0 Å². The maximum Gasteiger partial charge on any atom is 0.326 e. The zero-order valence-corrected chi connectivity index (χ0v) is 19.0. The Balaban J connectivity index is 1.61. The molecule has 0 fully saturated rings. The van der Waals surface area contributed by atoms with Crippen LogP contribution in [-0.4, -0.2) is 59.9 Å². The summed E-state index contributed by atoms with van der Waals surface area (Å²) in [6.45, 7) is 0.968. The number of guanidine groups is 1. The molecule has 1 atom stereocenters. The number of hydrogen-bond donors (Lipinski definition) is 3. The van der Waals surface area contributed by atoms with Gasteiger partial charge in [-0.15, -0.1) is 0 Å². The zero-order valence-electron chi connectivity index (χ0n) is 17.5. The van der Waals surface area contributed by atoms with Gasteiger partial charge in [-0.1, -0.05) is 61.4 Å². The summed E-state index contributed by atoms with van der Waals surface area (Å²) in [6, 6.07) is 3.70. The molecule has 1 aliphatic rings. The molecule has 0 spiro atoms. The van der Waals surface area contributed by atoms with E-state index in [0.29, 0.717) is 18.8 Å². The summed E-state index contributed by atoms with van der Waals surface area (Å²) in [5, 5.41) is 15.4. The number of hydrogen-bond acceptors (Lipinski definition) is 5. The minimum Gasteiger partial charge on any atom is -0.480 e. The van der Waals surface area contributed by atoms with Crippen molar-refractivity contribution in [2.45, 2.75) is 51.0 Å². The van der Waals surface area contributed by atoms with Crippen LogP contribution in [0.15, 0.2) is 23.2 Å². The van der Waals surface area contributed by atoms with Crippen LogP contribution in [0.5, 0.6) is 0 Å². The Labute approximate surface area is 192 Å². The Morgan fingerprint density at radius 2 is 1.74 bits per heavy atom. The molecule has 2 rings (SSSR count). The SMILES string of the molecule is CN1C(=O)CN=C1NCCCCCCCCC(NC(=O)c1c(Cl)cccc1Cl)C(=O)O. The average Bonchev–Trinajstić information content (AvgIpc) is 3.03. The topological polar surface area (TPSA) is 111 Å². The lowest BCUT2D eigenvalue weighted by Crippen LogP contribution is -2.41. The fourth-order valence-corrected chi connectivity index (χ4v) is 3.80. The largest absolute Gasteiger partial charge is 0.480 e. The summed E-state index contributed by atoms with van der Waals surface area (Å²) in [6.07, 6.45) is 5.91. The highest BCUT2D eigenvalue weighted by Crippen LogP contribution is 2.24. The molecule has 0 aliphatic carbocycles. The van der Waals surface area contributed by atoms with Gasteiger partial charge >= 0.3 is 5.97 Å². The molecule has 1 aliphatic heterocycles. The first-order valence-corrected chi connectivity index (χ1v) is 11.1. The smallest absolute Gasteiger partial charge is 0.326 e. The Kier molecular flexibility index (Phi) is 10.1. The van der Waals surface area contributed by atoms with Gasteiger partial charge in [0.2, 0.25) is 5.96 Å². The lowest BCUT2D eigenvalue weighted by Gasteiger charge is -2.15. The Bertz CT molecular complexity index is 811. The molecular weight excluding hydrogens is 443 g/mol. The van der Waals surface area contributed by atoms with Gasteiger partial charge in [-0.05, 0) is 25.0 Å². The second kappa shape index (κ2) is 12.5. The summed E-state index contributed by atoms with van der Waals surface area (Å²) in [4.78, 5) is 40.9. The van der Waals surface area contributed by atoms with Crippen LogP contribution in [0, 0.1) is 0 Å². The number of aliphatic carboxylic acids is 1. The van der Waals surface area contributed by atoms with Crippen molar-refractivity contribution in [1.82, 2.24) is 15.5 Å². The molecule has 1 aromatic rings. The monoisotopic (exact) mass is 470 g/mol. The maximum atomic E-state index is 12.4. The van der Waals surface area contributed by atoms with E-state index in [0.717, 1.165) is 38.6 Å². The molecule has 10 heteroatoms. The molecule has 0 bridgehead atoms. The van der Waals surface area contributed by atoms with Crippen LogP contribution in [0.25, 0.3) is 0 Å². The molecule has 0 aromatic heterocycles. The number of amides is 2. The Hall–Kier alpha value is -2.32. The third-order valence-corrected chi connectivity index (χ3v) is 5.68. The van der Waals surface area contributed by atoms with Crippen LogP contribution >= 0.6 is 23.2 Å². The van der Waals surface area contributed by atoms with Gasteiger partial charge in [0.1, 0.15) is 12.6 Å². The first-order chi connectivity index (χ1) is 14.8. The quantitative estimate of drug-likeness (QED) is 0.405. The van der Waals surface area contributed by atoms with Crippen molar-refractivity contribution in [3.63, 3.8) is 0 Å². The van der Waals surface area contributed by atoms with Crippen molar-refractivity contribution in [2.24, 2.45) is 4.99 Å². The average molecular weight is 471 g/mol. The highest BCUT2D eigenvalue weighted by atomic mass is 35.5. The van der Waals surface area contributed by atoms with E-state index in [1.807, 2.05) is 0 Å². The highest BCUT2D eigenvalue weighted by Gasteiger charge is 2.23. The first-order valence-electron chi connectivity index (χ1n) is 10.3. The van der Waals surface area contributed by atoms with Crippen molar-refractivity contribution in [1.29, 1.82) is 0 Å². The van der Waals surface area contributed by atoms with E-state index >= 15 is 0 Å². The maximum absolute atomic E-state index is 12.4. The molecular formula is C21H28Cl2N4O4. The Morgan fingerprint density at radius 3 is 2.32 bits per heavy atom. The summed E-state index contributed by atoms with van der Waals surface area (Å²) < 4.78 is 0. The van der Waals surface area contributed by atoms with Crippen molar-refractivity contribution >= 4 is 46.9 Å². The number of unbranched alkanes of at least 4 members (excludes halogenated alkanes) is 5. The highest BCUT2D eigenvalue weighted by molar-refractivity contribution is 6.39. The van der Waals surface area contributed by atoms with E-state index in [-0.39, 0.29) is 28.1 Å².